The number of hydrogen-bond donors (Lipinski definition) is 2. The first kappa shape index (κ1) is 28.8. The normalized spacial score (nSPS) is 19.0. The maximum Gasteiger partial charge on any atom is 0.407 e. The number of anilines is 1. The third kappa shape index (κ3) is 8.16. The number of nitrogens with one attached hydrogen (secondary N) is 2. The van der Waals surface area contributed by atoms with Crippen molar-refractivity contribution in [1.82, 2.24) is 5.32 Å². The Labute approximate surface area is 238 Å². The van der Waals surface area contributed by atoms with E-state index < -0.39 is 24.1 Å². The minimum absolute atomic E-state index is 0.0786. The summed E-state index contributed by atoms with van der Waals surface area (Å²) >= 11 is 0. The Bertz CT molecular complexity index is 1470. The number of carbonyl (C=O) groups is 4. The molecule has 0 aromatic heterocycles. The molecule has 208 valence electrons. The number of carbonyl (C=O) groups excluding carboxylic acids is 4. The number of alkyl carbamates (subject to hydrolysis) is 1. The molecule has 2 amide bonds. The van der Waals surface area contributed by atoms with Crippen LogP contribution >= 0.6 is 0 Å². The highest BCUT2D eigenvalue weighted by Gasteiger charge is 2.31. The molecule has 2 aromatic rings. The molecule has 0 bridgehead atoms. The number of aldehydes is 1. The molecule has 0 saturated carbocycles. The van der Waals surface area contributed by atoms with Gasteiger partial charge in [-0.05, 0) is 48.4 Å². The number of hydrogen-bond acceptors (Lipinski definition) is 6. The average Bonchev–Trinajstić information content (AvgIpc) is 2.97. The van der Waals surface area contributed by atoms with Crippen molar-refractivity contribution < 1.29 is 28.7 Å². The van der Waals surface area contributed by atoms with Crippen LogP contribution in [-0.2, 0) is 30.3 Å². The monoisotopic (exact) mass is 550 g/mol. The van der Waals surface area contributed by atoms with E-state index in [1.165, 1.54) is 6.08 Å². The van der Waals surface area contributed by atoms with Gasteiger partial charge in [0, 0.05) is 29.5 Å². The zero-order chi connectivity index (χ0) is 29.0. The lowest BCUT2D eigenvalue weighted by Crippen LogP contribution is -2.39. The second-order valence-electron chi connectivity index (χ2n) is 9.28. The summed E-state index contributed by atoms with van der Waals surface area (Å²) in [5, 5.41) is 5.26. The van der Waals surface area contributed by atoms with Gasteiger partial charge in [-0.25, -0.2) is 9.59 Å². The summed E-state index contributed by atoms with van der Waals surface area (Å²) in [7, 11) is 0. The largest absolute Gasteiger partial charge is 0.462 e. The zero-order valence-corrected chi connectivity index (χ0v) is 22.5. The molecule has 0 radical (unpaired) electrons. The van der Waals surface area contributed by atoms with Crippen LogP contribution in [0, 0.1) is 23.7 Å². The quantitative estimate of drug-likeness (QED) is 0.158. The summed E-state index contributed by atoms with van der Waals surface area (Å²) in [6.07, 6.45) is 12.1. The second-order valence-corrected chi connectivity index (χ2v) is 9.28. The predicted molar refractivity (Wildman–Crippen MR) is 155 cm³/mol. The number of esters is 1. The van der Waals surface area contributed by atoms with Gasteiger partial charge in [0.25, 0.3) is 0 Å². The van der Waals surface area contributed by atoms with Gasteiger partial charge >= 0.3 is 12.1 Å². The first-order valence-corrected chi connectivity index (χ1v) is 13.3. The molecule has 3 atom stereocenters. The van der Waals surface area contributed by atoms with E-state index in [9.17, 15) is 19.2 Å². The average molecular weight is 551 g/mol. The van der Waals surface area contributed by atoms with Crippen molar-refractivity contribution in [2.75, 3.05) is 18.5 Å². The lowest BCUT2D eigenvalue weighted by Gasteiger charge is -2.30. The van der Waals surface area contributed by atoms with Gasteiger partial charge in [-0.3, -0.25) is 9.59 Å². The molecular formula is C33H30N2O6. The molecule has 2 aliphatic rings. The van der Waals surface area contributed by atoms with E-state index in [1.807, 2.05) is 48.6 Å². The van der Waals surface area contributed by atoms with E-state index >= 15 is 0 Å². The molecule has 0 fully saturated rings. The van der Waals surface area contributed by atoms with Crippen LogP contribution in [0.4, 0.5) is 10.5 Å². The second kappa shape index (κ2) is 14.3. The fourth-order valence-corrected chi connectivity index (χ4v) is 4.46. The molecule has 2 aromatic carbocycles. The fraction of sp³-hybridized carbons (Fsp3) is 0.212. The van der Waals surface area contributed by atoms with Crippen molar-refractivity contribution in [2.45, 2.75) is 19.4 Å². The van der Waals surface area contributed by atoms with E-state index in [1.54, 1.807) is 37.3 Å². The topological polar surface area (TPSA) is 111 Å². The lowest BCUT2D eigenvalue weighted by atomic mass is 9.80. The zero-order valence-electron chi connectivity index (χ0n) is 22.5. The van der Waals surface area contributed by atoms with Crippen molar-refractivity contribution in [3.05, 3.63) is 107 Å². The summed E-state index contributed by atoms with van der Waals surface area (Å²) in [5.41, 5.74) is 3.31. The highest BCUT2D eigenvalue weighted by molar-refractivity contribution is 5.96. The molecule has 0 saturated heterocycles. The third-order valence-electron chi connectivity index (χ3n) is 6.48. The number of amides is 2. The van der Waals surface area contributed by atoms with Crippen molar-refractivity contribution in [3.63, 3.8) is 0 Å². The molecule has 0 spiro atoms. The lowest BCUT2D eigenvalue weighted by molar-refractivity contribution is -0.138. The fourth-order valence-electron chi connectivity index (χ4n) is 4.46. The highest BCUT2D eigenvalue weighted by Crippen LogP contribution is 2.29. The highest BCUT2D eigenvalue weighted by atomic mass is 16.6. The van der Waals surface area contributed by atoms with E-state index in [2.05, 4.69) is 22.5 Å². The van der Waals surface area contributed by atoms with E-state index in [0.717, 1.165) is 22.8 Å². The van der Waals surface area contributed by atoms with Crippen LogP contribution in [0.2, 0.25) is 0 Å². The predicted octanol–water partition coefficient (Wildman–Crippen LogP) is 4.39. The van der Waals surface area contributed by atoms with Gasteiger partial charge in [0.2, 0.25) is 5.91 Å². The first-order chi connectivity index (χ1) is 20.0. The van der Waals surface area contributed by atoms with E-state index in [0.29, 0.717) is 18.4 Å². The molecule has 4 rings (SSSR count). The van der Waals surface area contributed by atoms with Gasteiger partial charge in [-0.2, -0.15) is 0 Å². The number of benzene rings is 2. The minimum Gasteiger partial charge on any atom is -0.462 e. The minimum atomic E-state index is -0.681. The molecule has 2 N–H and O–H groups in total. The van der Waals surface area contributed by atoms with Gasteiger partial charge in [0.05, 0.1) is 12.2 Å². The van der Waals surface area contributed by atoms with Crippen LogP contribution in [0.1, 0.15) is 23.6 Å². The van der Waals surface area contributed by atoms with Gasteiger partial charge in [0.1, 0.15) is 18.9 Å². The van der Waals surface area contributed by atoms with E-state index in [4.69, 9.17) is 9.47 Å². The van der Waals surface area contributed by atoms with Crippen LogP contribution in [0.3, 0.4) is 0 Å². The molecule has 8 nitrogen and oxygen atoms in total. The Morgan fingerprint density at radius 1 is 1.05 bits per heavy atom. The van der Waals surface area contributed by atoms with Crippen LogP contribution in [0.25, 0.3) is 6.08 Å². The Balaban J connectivity index is 1.31. The first-order valence-electron chi connectivity index (χ1n) is 13.3. The smallest absolute Gasteiger partial charge is 0.407 e. The van der Waals surface area contributed by atoms with Gasteiger partial charge in [0.15, 0.2) is 0 Å². The van der Waals surface area contributed by atoms with Crippen LogP contribution in [-0.4, -0.2) is 43.5 Å². The summed E-state index contributed by atoms with van der Waals surface area (Å²) in [4.78, 5) is 47.9. The van der Waals surface area contributed by atoms with Crippen LogP contribution in [0.5, 0.6) is 0 Å². The molecule has 2 aliphatic carbocycles. The molecule has 8 heteroatoms. The Hall–Kier alpha value is -5.16. The molecule has 3 unspecified atom stereocenters. The van der Waals surface area contributed by atoms with Crippen LogP contribution in [0.15, 0.2) is 90.6 Å². The molecule has 41 heavy (non-hydrogen) atoms. The Morgan fingerprint density at radius 2 is 1.83 bits per heavy atom. The third-order valence-corrected chi connectivity index (χ3v) is 6.48. The van der Waals surface area contributed by atoms with Crippen molar-refractivity contribution in [1.29, 1.82) is 0 Å². The summed E-state index contributed by atoms with van der Waals surface area (Å²) in [6.45, 7) is 1.61. The summed E-state index contributed by atoms with van der Waals surface area (Å²) in [5.74, 6) is 5.34. The SMILES string of the molecule is CCOC(=O)C(/C=C/c1ccc(NC(=O)CNC(=O)OC2Cc3ccccc3C#CC3C=CC=CC32)cc1)=C/C=O. The number of allylic oxidation sites excluding steroid dienone is 4. The number of fused-ring (bicyclic) bond motifs is 2. The Morgan fingerprint density at radius 3 is 2.61 bits per heavy atom. The van der Waals surface area contributed by atoms with Gasteiger partial charge in [-0.15, -0.1) is 0 Å². The summed E-state index contributed by atoms with van der Waals surface area (Å²) in [6, 6.07) is 14.6. The van der Waals surface area contributed by atoms with Gasteiger partial charge in [-0.1, -0.05) is 72.6 Å². The van der Waals surface area contributed by atoms with Crippen molar-refractivity contribution >= 4 is 36.0 Å². The number of rotatable bonds is 9. The maximum absolute atomic E-state index is 12.7. The van der Waals surface area contributed by atoms with Gasteiger partial charge < -0.3 is 20.1 Å². The molecule has 0 aliphatic heterocycles. The maximum atomic E-state index is 12.7. The van der Waals surface area contributed by atoms with Crippen molar-refractivity contribution in [3.8, 4) is 11.8 Å². The van der Waals surface area contributed by atoms with E-state index in [-0.39, 0.29) is 30.6 Å². The Kier molecular flexibility index (Phi) is 10.1. The molecule has 0 heterocycles. The van der Waals surface area contributed by atoms with Crippen LogP contribution < -0.4 is 10.6 Å². The summed E-state index contributed by atoms with van der Waals surface area (Å²) < 4.78 is 10.7. The van der Waals surface area contributed by atoms with Crippen molar-refractivity contribution in [2.24, 2.45) is 11.8 Å². The molecular weight excluding hydrogens is 520 g/mol. The number of ether oxygens (including phenoxy) is 2. The standard InChI is InChI=1S/C33H30N2O6/c1-2-40-32(38)26(19-20-36)14-11-23-12-17-28(18-13-23)35-31(37)22-34-33(39)41-30-21-27-9-4-3-7-24(27)15-16-25-8-5-6-10-29(25)30/h3-14,17-20,25,29-30H,2,21-22H2,1H3,(H,34,39)(H,35,37)/b14-11+,26-19+.